The molecule has 2 heterocycles. The van der Waals surface area contributed by atoms with E-state index >= 15 is 0 Å². The van der Waals surface area contributed by atoms with Gasteiger partial charge in [-0.25, -0.2) is 4.79 Å². The van der Waals surface area contributed by atoms with E-state index in [-0.39, 0.29) is 34.8 Å². The molecule has 3 rings (SSSR count). The molecule has 10 nitrogen and oxygen atoms in total. The van der Waals surface area contributed by atoms with E-state index in [1.165, 1.54) is 18.2 Å². The zero-order valence-electron chi connectivity index (χ0n) is 15.7. The second kappa shape index (κ2) is 8.97. The van der Waals surface area contributed by atoms with E-state index in [0.29, 0.717) is 6.42 Å². The van der Waals surface area contributed by atoms with Crippen molar-refractivity contribution >= 4 is 11.0 Å². The third kappa shape index (κ3) is 4.31. The zero-order valence-corrected chi connectivity index (χ0v) is 15.7. The van der Waals surface area contributed by atoms with Gasteiger partial charge in [-0.15, -0.1) is 0 Å². The molecule has 0 bridgehead atoms. The van der Waals surface area contributed by atoms with Gasteiger partial charge in [-0.2, -0.15) is 0 Å². The van der Waals surface area contributed by atoms with Crippen LogP contribution in [-0.4, -0.2) is 69.5 Å². The fraction of sp³-hybridized carbons (Fsp3) is 0.526. The molecule has 1 aromatic heterocycles. The van der Waals surface area contributed by atoms with E-state index in [9.17, 15) is 30.3 Å². The van der Waals surface area contributed by atoms with Gasteiger partial charge in [0.05, 0.1) is 18.6 Å². The SMILES string of the molecule is CCCCOc1c(O)c2ccc(O[C@H]3O[C@H](CO)[C@@H](O)[C@H](O)[C@@H]3O)cc2oc1=O. The summed E-state index contributed by atoms with van der Waals surface area (Å²) >= 11 is 0. The lowest BCUT2D eigenvalue weighted by atomic mass is 9.99. The van der Waals surface area contributed by atoms with Crippen molar-refractivity contribution in [1.29, 1.82) is 0 Å². The average molecular weight is 412 g/mol. The largest absolute Gasteiger partial charge is 0.504 e. The van der Waals surface area contributed by atoms with Crippen LogP contribution in [0.2, 0.25) is 0 Å². The van der Waals surface area contributed by atoms with Crippen LogP contribution in [0.3, 0.4) is 0 Å². The summed E-state index contributed by atoms with van der Waals surface area (Å²) in [6.45, 7) is 1.63. The maximum absolute atomic E-state index is 12.1. The van der Waals surface area contributed by atoms with Crippen LogP contribution < -0.4 is 15.1 Å². The molecule has 5 N–H and O–H groups in total. The van der Waals surface area contributed by atoms with Gasteiger partial charge in [-0.3, -0.25) is 0 Å². The number of aromatic hydroxyl groups is 1. The van der Waals surface area contributed by atoms with E-state index in [2.05, 4.69) is 0 Å². The van der Waals surface area contributed by atoms with Crippen molar-refractivity contribution in [3.05, 3.63) is 28.6 Å². The van der Waals surface area contributed by atoms with Crippen LogP contribution in [0.4, 0.5) is 0 Å². The number of unbranched alkanes of at least 4 members (excludes halogenated alkanes) is 1. The summed E-state index contributed by atoms with van der Waals surface area (Å²) in [7, 11) is 0. The predicted octanol–water partition coefficient (Wildman–Crippen LogP) is -0.144. The Kier molecular flexibility index (Phi) is 6.60. The Morgan fingerprint density at radius 1 is 1.14 bits per heavy atom. The number of hydrogen-bond acceptors (Lipinski definition) is 10. The van der Waals surface area contributed by atoms with Crippen molar-refractivity contribution in [3.8, 4) is 17.2 Å². The minimum absolute atomic E-state index is 0.0115. The molecule has 0 spiro atoms. The molecule has 0 aliphatic carbocycles. The van der Waals surface area contributed by atoms with Gasteiger partial charge in [0.1, 0.15) is 35.7 Å². The summed E-state index contributed by atoms with van der Waals surface area (Å²) in [5.74, 6) is -0.524. The molecule has 5 atom stereocenters. The van der Waals surface area contributed by atoms with Gasteiger partial charge in [0.2, 0.25) is 12.0 Å². The van der Waals surface area contributed by atoms with Gasteiger partial charge in [-0.1, -0.05) is 13.3 Å². The number of hydrogen-bond donors (Lipinski definition) is 5. The fourth-order valence-corrected chi connectivity index (χ4v) is 2.97. The summed E-state index contributed by atoms with van der Waals surface area (Å²) in [4.78, 5) is 12.1. The van der Waals surface area contributed by atoms with Gasteiger partial charge in [0, 0.05) is 6.07 Å². The maximum Gasteiger partial charge on any atom is 0.383 e. The number of rotatable bonds is 7. The van der Waals surface area contributed by atoms with Crippen LogP contribution in [0.1, 0.15) is 19.8 Å². The van der Waals surface area contributed by atoms with Crippen LogP contribution in [-0.2, 0) is 4.74 Å². The number of fused-ring (bicyclic) bond motifs is 1. The third-order valence-electron chi connectivity index (χ3n) is 4.66. The second-order valence-corrected chi connectivity index (χ2v) is 6.74. The molecule has 2 aromatic rings. The molecule has 0 unspecified atom stereocenters. The van der Waals surface area contributed by atoms with Gasteiger partial charge in [0.15, 0.2) is 5.75 Å². The van der Waals surface area contributed by atoms with E-state index in [4.69, 9.17) is 18.6 Å². The van der Waals surface area contributed by atoms with Crippen molar-refractivity contribution in [3.63, 3.8) is 0 Å². The van der Waals surface area contributed by atoms with E-state index in [1.807, 2.05) is 6.92 Å². The molecule has 10 heteroatoms. The summed E-state index contributed by atoms with van der Waals surface area (Å²) in [5, 5.41) is 49.5. The molecular formula is C19H24O10. The zero-order chi connectivity index (χ0) is 21.1. The van der Waals surface area contributed by atoms with Gasteiger partial charge in [0.25, 0.3) is 0 Å². The molecule has 0 saturated carbocycles. The van der Waals surface area contributed by atoms with Crippen LogP contribution in [0.25, 0.3) is 11.0 Å². The molecule has 160 valence electrons. The molecule has 1 saturated heterocycles. The Morgan fingerprint density at radius 2 is 1.90 bits per heavy atom. The molecule has 29 heavy (non-hydrogen) atoms. The summed E-state index contributed by atoms with van der Waals surface area (Å²) in [5.41, 5.74) is -0.839. The second-order valence-electron chi connectivity index (χ2n) is 6.74. The first kappa shape index (κ1) is 21.3. The van der Waals surface area contributed by atoms with Gasteiger partial charge < -0.3 is 44.2 Å². The Balaban J connectivity index is 1.84. The van der Waals surface area contributed by atoms with Crippen molar-refractivity contribution in [2.24, 2.45) is 0 Å². The number of ether oxygens (including phenoxy) is 3. The standard InChI is InChI=1S/C19H24O10/c1-2-3-6-26-17-13(21)10-5-4-9(7-11(10)28-18(17)25)27-19-16(24)15(23)14(22)12(8-20)29-19/h4-5,7,12,14-16,19-24H,2-3,6,8H2,1H3/t12-,14-,15+,16+,19+/m1/s1. The van der Waals surface area contributed by atoms with Crippen molar-refractivity contribution in [2.45, 2.75) is 50.5 Å². The number of aliphatic hydroxyl groups is 4. The molecule has 0 amide bonds. The van der Waals surface area contributed by atoms with Crippen LogP contribution >= 0.6 is 0 Å². The van der Waals surface area contributed by atoms with Crippen molar-refractivity contribution in [2.75, 3.05) is 13.2 Å². The third-order valence-corrected chi connectivity index (χ3v) is 4.66. The number of benzene rings is 1. The minimum atomic E-state index is -1.59. The normalized spacial score (nSPS) is 27.1. The lowest BCUT2D eigenvalue weighted by Gasteiger charge is -2.39. The molecule has 1 aliphatic heterocycles. The predicted molar refractivity (Wildman–Crippen MR) is 98.9 cm³/mol. The quantitative estimate of drug-likeness (QED) is 0.306. The van der Waals surface area contributed by atoms with Crippen LogP contribution in [0.5, 0.6) is 17.2 Å². The van der Waals surface area contributed by atoms with Gasteiger partial charge in [-0.05, 0) is 18.6 Å². The van der Waals surface area contributed by atoms with E-state index < -0.39 is 42.9 Å². The average Bonchev–Trinajstić information content (AvgIpc) is 2.70. The highest BCUT2D eigenvalue weighted by atomic mass is 16.7. The highest BCUT2D eigenvalue weighted by Gasteiger charge is 2.44. The topological polar surface area (TPSA) is 159 Å². The summed E-state index contributed by atoms with van der Waals surface area (Å²) < 4.78 is 21.3. The summed E-state index contributed by atoms with van der Waals surface area (Å²) in [6.07, 6.45) is -5.62. The Morgan fingerprint density at radius 3 is 2.59 bits per heavy atom. The molecule has 1 aromatic carbocycles. The number of aliphatic hydroxyl groups excluding tert-OH is 4. The molecule has 1 aliphatic rings. The van der Waals surface area contributed by atoms with Crippen LogP contribution in [0, 0.1) is 0 Å². The Bertz CT molecular complexity index is 892. The lowest BCUT2D eigenvalue weighted by Crippen LogP contribution is -2.60. The Labute approximate surface area is 165 Å². The lowest BCUT2D eigenvalue weighted by molar-refractivity contribution is -0.277. The van der Waals surface area contributed by atoms with Crippen molar-refractivity contribution < 1.29 is 44.2 Å². The smallest absolute Gasteiger partial charge is 0.383 e. The van der Waals surface area contributed by atoms with E-state index in [0.717, 1.165) is 6.42 Å². The first-order valence-electron chi connectivity index (χ1n) is 9.27. The highest BCUT2D eigenvalue weighted by molar-refractivity contribution is 5.86. The first-order chi connectivity index (χ1) is 13.9. The molecular weight excluding hydrogens is 388 g/mol. The maximum atomic E-state index is 12.1. The highest BCUT2D eigenvalue weighted by Crippen LogP contribution is 2.34. The monoisotopic (exact) mass is 412 g/mol. The Hall–Kier alpha value is -2.37. The fourth-order valence-electron chi connectivity index (χ4n) is 2.97. The first-order valence-corrected chi connectivity index (χ1v) is 9.27. The van der Waals surface area contributed by atoms with E-state index in [1.54, 1.807) is 0 Å². The molecule has 1 fully saturated rings. The van der Waals surface area contributed by atoms with Gasteiger partial charge >= 0.3 is 5.63 Å². The summed E-state index contributed by atoms with van der Waals surface area (Å²) in [6, 6.07) is 4.16. The minimum Gasteiger partial charge on any atom is -0.504 e. The van der Waals surface area contributed by atoms with Crippen LogP contribution in [0.15, 0.2) is 27.4 Å². The molecule has 0 radical (unpaired) electrons. The van der Waals surface area contributed by atoms with Crippen molar-refractivity contribution in [1.82, 2.24) is 0 Å².